The molecule has 3 aliphatic rings. The molecule has 1 aromatic heterocycles. The third-order valence-corrected chi connectivity index (χ3v) is 6.81. The zero-order valence-electron chi connectivity index (χ0n) is 16.5. The van der Waals surface area contributed by atoms with Crippen molar-refractivity contribution in [3.8, 4) is 5.75 Å². The van der Waals surface area contributed by atoms with Gasteiger partial charge in [0.05, 0.1) is 11.6 Å². The van der Waals surface area contributed by atoms with Gasteiger partial charge < -0.3 is 4.74 Å². The van der Waals surface area contributed by atoms with Crippen molar-refractivity contribution in [3.05, 3.63) is 72.4 Å². The Labute approximate surface area is 167 Å². The smallest absolute Gasteiger partial charge is 0.140 e. The molecule has 3 aromatic rings. The molecule has 3 fully saturated rings. The van der Waals surface area contributed by atoms with Crippen molar-refractivity contribution < 1.29 is 4.74 Å². The maximum atomic E-state index is 6.70. The first-order valence-corrected chi connectivity index (χ1v) is 10.6. The summed E-state index contributed by atoms with van der Waals surface area (Å²) in [7, 11) is 0. The summed E-state index contributed by atoms with van der Waals surface area (Å²) in [6, 6.07) is 21.3. The highest BCUT2D eigenvalue weighted by molar-refractivity contribution is 5.82. The van der Waals surface area contributed by atoms with E-state index in [0.717, 1.165) is 23.1 Å². The fourth-order valence-corrected chi connectivity index (χ4v) is 5.32. The molecule has 0 saturated carbocycles. The van der Waals surface area contributed by atoms with Crippen LogP contribution in [0.15, 0.2) is 66.9 Å². The standard InChI is InChI=1S/C25H28N2O/c1-2-18-17-27-15-13-19(18)16-24(27)25(28-20-8-4-3-5-9-20)22-12-14-26-23-11-7-6-10-21(22)23/h3-12,14,18-19,24-25H,2,13,15-17H2,1H3/t18-,19-,24+,25+/m0/s1. The highest BCUT2D eigenvalue weighted by Gasteiger charge is 2.44. The van der Waals surface area contributed by atoms with Crippen LogP contribution in [0.25, 0.3) is 10.9 Å². The molecule has 0 spiro atoms. The van der Waals surface area contributed by atoms with Gasteiger partial charge in [-0.05, 0) is 55.5 Å². The number of piperidine rings is 3. The highest BCUT2D eigenvalue weighted by atomic mass is 16.5. The summed E-state index contributed by atoms with van der Waals surface area (Å²) >= 11 is 0. The van der Waals surface area contributed by atoms with E-state index in [1.807, 2.05) is 12.3 Å². The predicted octanol–water partition coefficient (Wildman–Crippen LogP) is 5.48. The maximum Gasteiger partial charge on any atom is 0.140 e. The van der Waals surface area contributed by atoms with Gasteiger partial charge in [-0.2, -0.15) is 0 Å². The Balaban J connectivity index is 1.56. The van der Waals surface area contributed by atoms with Crippen LogP contribution in [0.4, 0.5) is 0 Å². The number of nitrogens with zero attached hydrogens (tertiary/aromatic N) is 2. The van der Waals surface area contributed by atoms with E-state index in [1.54, 1.807) is 0 Å². The number of hydrogen-bond acceptors (Lipinski definition) is 3. The fraction of sp³-hybridized carbons (Fsp3) is 0.400. The number of pyridine rings is 1. The Morgan fingerprint density at radius 1 is 1.07 bits per heavy atom. The van der Waals surface area contributed by atoms with Gasteiger partial charge in [-0.25, -0.2) is 0 Å². The molecule has 0 amide bonds. The van der Waals surface area contributed by atoms with Gasteiger partial charge in [0.1, 0.15) is 11.9 Å². The molecule has 1 unspecified atom stereocenters. The first kappa shape index (κ1) is 17.7. The zero-order chi connectivity index (χ0) is 18.9. The maximum absolute atomic E-state index is 6.70. The van der Waals surface area contributed by atoms with E-state index >= 15 is 0 Å². The first-order valence-electron chi connectivity index (χ1n) is 10.6. The SMILES string of the molecule is CC[C@H]1CN2CC[C@H]1C[C@@H]2[C@H](Oc1ccccc1)c1ccnc2ccccc12. The monoisotopic (exact) mass is 372 g/mol. The normalized spacial score (nSPS) is 27.6. The lowest BCUT2D eigenvalue weighted by molar-refractivity contribution is -0.0483. The quantitative estimate of drug-likeness (QED) is 0.593. The molecule has 4 heterocycles. The molecular formula is C25H28N2O. The lowest BCUT2D eigenvalue weighted by Crippen LogP contribution is -2.56. The molecule has 2 aromatic carbocycles. The minimum Gasteiger partial charge on any atom is -0.484 e. The molecule has 6 rings (SSSR count). The molecule has 3 heteroatoms. The largest absolute Gasteiger partial charge is 0.484 e. The minimum absolute atomic E-state index is 0.0240. The van der Waals surface area contributed by atoms with Gasteiger partial charge in [-0.15, -0.1) is 0 Å². The van der Waals surface area contributed by atoms with E-state index in [-0.39, 0.29) is 6.10 Å². The summed E-state index contributed by atoms with van der Waals surface area (Å²) in [5, 5.41) is 1.21. The second-order valence-electron chi connectivity index (χ2n) is 8.28. The van der Waals surface area contributed by atoms with Crippen LogP contribution in [0.3, 0.4) is 0 Å². The summed E-state index contributed by atoms with van der Waals surface area (Å²) in [5.74, 6) is 2.62. The average Bonchev–Trinajstić information content (AvgIpc) is 2.78. The second-order valence-corrected chi connectivity index (χ2v) is 8.28. The minimum atomic E-state index is 0.0240. The third-order valence-electron chi connectivity index (χ3n) is 6.81. The molecule has 0 radical (unpaired) electrons. The highest BCUT2D eigenvalue weighted by Crippen LogP contribution is 2.44. The van der Waals surface area contributed by atoms with E-state index in [9.17, 15) is 0 Å². The van der Waals surface area contributed by atoms with Crippen LogP contribution in [0, 0.1) is 11.8 Å². The van der Waals surface area contributed by atoms with Crippen molar-refractivity contribution in [1.29, 1.82) is 0 Å². The van der Waals surface area contributed by atoms with E-state index in [4.69, 9.17) is 4.74 Å². The van der Waals surface area contributed by atoms with E-state index < -0.39 is 0 Å². The molecule has 5 atom stereocenters. The van der Waals surface area contributed by atoms with Gasteiger partial charge in [-0.3, -0.25) is 9.88 Å². The van der Waals surface area contributed by atoms with Gasteiger partial charge in [0.15, 0.2) is 0 Å². The van der Waals surface area contributed by atoms with Crippen molar-refractivity contribution in [1.82, 2.24) is 9.88 Å². The number of hydrogen-bond donors (Lipinski definition) is 0. The first-order chi connectivity index (χ1) is 13.8. The number of rotatable bonds is 5. The van der Waals surface area contributed by atoms with Crippen molar-refractivity contribution in [3.63, 3.8) is 0 Å². The molecule has 3 aliphatic heterocycles. The topological polar surface area (TPSA) is 25.4 Å². The van der Waals surface area contributed by atoms with E-state index in [0.29, 0.717) is 6.04 Å². The fourth-order valence-electron chi connectivity index (χ4n) is 5.32. The number of benzene rings is 2. The average molecular weight is 373 g/mol. The Morgan fingerprint density at radius 2 is 1.89 bits per heavy atom. The lowest BCUT2D eigenvalue weighted by atomic mass is 9.72. The molecule has 2 bridgehead atoms. The Bertz CT molecular complexity index is 936. The van der Waals surface area contributed by atoms with Crippen LogP contribution in [0.5, 0.6) is 5.75 Å². The van der Waals surface area contributed by atoms with Crippen LogP contribution < -0.4 is 4.74 Å². The van der Waals surface area contributed by atoms with Gasteiger partial charge in [0.25, 0.3) is 0 Å². The van der Waals surface area contributed by atoms with Crippen LogP contribution in [0.1, 0.15) is 37.9 Å². The summed E-state index contributed by atoms with van der Waals surface area (Å²) in [5.41, 5.74) is 2.31. The van der Waals surface area contributed by atoms with Crippen molar-refractivity contribution >= 4 is 10.9 Å². The van der Waals surface area contributed by atoms with E-state index in [2.05, 4.69) is 71.4 Å². The Morgan fingerprint density at radius 3 is 2.68 bits per heavy atom. The van der Waals surface area contributed by atoms with Crippen molar-refractivity contribution in [2.75, 3.05) is 13.1 Å². The molecule has 0 N–H and O–H groups in total. The summed E-state index contributed by atoms with van der Waals surface area (Å²) in [6.07, 6.45) is 5.81. The predicted molar refractivity (Wildman–Crippen MR) is 113 cm³/mol. The van der Waals surface area contributed by atoms with E-state index in [1.165, 1.54) is 43.3 Å². The molecule has 3 nitrogen and oxygen atoms in total. The van der Waals surface area contributed by atoms with Crippen LogP contribution in [-0.2, 0) is 0 Å². The summed E-state index contributed by atoms with van der Waals surface area (Å²) < 4.78 is 6.70. The molecular weight excluding hydrogens is 344 g/mol. The van der Waals surface area contributed by atoms with Crippen LogP contribution in [-0.4, -0.2) is 29.0 Å². The summed E-state index contributed by atoms with van der Waals surface area (Å²) in [6.45, 7) is 4.75. The van der Waals surface area contributed by atoms with Gasteiger partial charge in [0, 0.05) is 23.7 Å². The molecule has 144 valence electrons. The zero-order valence-corrected chi connectivity index (χ0v) is 16.5. The Kier molecular flexibility index (Phi) is 4.77. The number of para-hydroxylation sites is 2. The third kappa shape index (κ3) is 3.18. The lowest BCUT2D eigenvalue weighted by Gasteiger charge is -2.52. The molecule has 28 heavy (non-hydrogen) atoms. The van der Waals surface area contributed by atoms with Crippen LogP contribution >= 0.6 is 0 Å². The van der Waals surface area contributed by atoms with Gasteiger partial charge in [0.2, 0.25) is 0 Å². The van der Waals surface area contributed by atoms with Gasteiger partial charge in [-0.1, -0.05) is 49.7 Å². The Hall–Kier alpha value is -2.39. The van der Waals surface area contributed by atoms with Crippen LogP contribution in [0.2, 0.25) is 0 Å². The number of ether oxygens (including phenoxy) is 1. The number of fused-ring (bicyclic) bond motifs is 4. The van der Waals surface area contributed by atoms with Crippen molar-refractivity contribution in [2.24, 2.45) is 11.8 Å². The second kappa shape index (κ2) is 7.56. The van der Waals surface area contributed by atoms with Gasteiger partial charge >= 0.3 is 0 Å². The molecule has 3 saturated heterocycles. The molecule has 0 aliphatic carbocycles. The summed E-state index contributed by atoms with van der Waals surface area (Å²) in [4.78, 5) is 7.27. The van der Waals surface area contributed by atoms with Crippen molar-refractivity contribution in [2.45, 2.75) is 38.3 Å². The number of aromatic nitrogens is 1.